The minimum Gasteiger partial charge on any atom is -0.330 e. The highest BCUT2D eigenvalue weighted by Crippen LogP contribution is 2.41. The van der Waals surface area contributed by atoms with E-state index < -0.39 is 0 Å². The van der Waals surface area contributed by atoms with Crippen LogP contribution in [0.5, 0.6) is 0 Å². The molecule has 102 valence electrons. The van der Waals surface area contributed by atoms with Gasteiger partial charge in [0.25, 0.3) is 0 Å². The lowest BCUT2D eigenvalue weighted by Crippen LogP contribution is -2.11. The lowest BCUT2D eigenvalue weighted by Gasteiger charge is -2.18. The molecule has 0 amide bonds. The zero-order valence-electron chi connectivity index (χ0n) is 12.1. The fraction of sp³-hybridized carbons (Fsp3) is 0.562. The van der Waals surface area contributed by atoms with Gasteiger partial charge in [0, 0.05) is 16.8 Å². The van der Waals surface area contributed by atoms with Crippen LogP contribution in [0.25, 0.3) is 10.2 Å². The van der Waals surface area contributed by atoms with Crippen LogP contribution in [0, 0.1) is 12.8 Å². The summed E-state index contributed by atoms with van der Waals surface area (Å²) >= 11 is 1.84. The van der Waals surface area contributed by atoms with E-state index in [1.165, 1.54) is 33.5 Å². The molecule has 0 aromatic carbocycles. The number of fused-ring (bicyclic) bond motifs is 1. The molecule has 19 heavy (non-hydrogen) atoms. The van der Waals surface area contributed by atoms with Crippen molar-refractivity contribution in [3.63, 3.8) is 0 Å². The van der Waals surface area contributed by atoms with Gasteiger partial charge >= 0.3 is 0 Å². The third kappa shape index (κ3) is 2.14. The van der Waals surface area contributed by atoms with Gasteiger partial charge in [-0.1, -0.05) is 20.8 Å². The summed E-state index contributed by atoms with van der Waals surface area (Å²) in [5, 5.41) is 1.29. The number of nitrogens with zero attached hydrogens (tertiary/aromatic N) is 1. The summed E-state index contributed by atoms with van der Waals surface area (Å²) in [6.45, 7) is 9.97. The van der Waals surface area contributed by atoms with Crippen LogP contribution >= 0.6 is 11.3 Å². The maximum absolute atomic E-state index is 11.3. The molecule has 1 saturated carbocycles. The lowest BCUT2D eigenvalue weighted by atomic mass is 9.86. The molecule has 0 N–H and O–H groups in total. The Morgan fingerprint density at radius 3 is 2.63 bits per heavy atom. The molecule has 2 aromatic heterocycles. The van der Waals surface area contributed by atoms with Gasteiger partial charge in [-0.05, 0) is 42.7 Å². The third-order valence-corrected chi connectivity index (χ3v) is 5.10. The van der Waals surface area contributed by atoms with Crippen molar-refractivity contribution in [1.29, 1.82) is 0 Å². The van der Waals surface area contributed by atoms with Gasteiger partial charge in [-0.3, -0.25) is 4.79 Å². The van der Waals surface area contributed by atoms with E-state index in [1.54, 1.807) is 0 Å². The monoisotopic (exact) mass is 275 g/mol. The van der Waals surface area contributed by atoms with Gasteiger partial charge in [0.2, 0.25) is 0 Å². The van der Waals surface area contributed by atoms with E-state index >= 15 is 0 Å². The van der Waals surface area contributed by atoms with Gasteiger partial charge in [0.1, 0.15) is 4.83 Å². The summed E-state index contributed by atoms with van der Waals surface area (Å²) in [5.41, 5.74) is 2.39. The molecule has 3 rings (SSSR count). The van der Waals surface area contributed by atoms with Crippen molar-refractivity contribution in [3.8, 4) is 0 Å². The number of hydrogen-bond acceptors (Lipinski definition) is 2. The number of thiophene rings is 1. The van der Waals surface area contributed by atoms with Crippen LogP contribution in [0.4, 0.5) is 0 Å². The SMILES string of the molecule is Cc1sc2c(cc(C=O)n2CC2CC2)c1C(C)(C)C. The molecule has 0 spiro atoms. The maximum Gasteiger partial charge on any atom is 0.166 e. The average molecular weight is 275 g/mol. The molecular weight excluding hydrogens is 254 g/mol. The molecule has 0 saturated heterocycles. The maximum atomic E-state index is 11.3. The highest BCUT2D eigenvalue weighted by molar-refractivity contribution is 7.18. The van der Waals surface area contributed by atoms with E-state index in [0.29, 0.717) is 0 Å². The summed E-state index contributed by atoms with van der Waals surface area (Å²) in [4.78, 5) is 14.0. The van der Waals surface area contributed by atoms with Crippen LogP contribution in [0.1, 0.15) is 54.5 Å². The van der Waals surface area contributed by atoms with Gasteiger partial charge in [0.15, 0.2) is 6.29 Å². The number of hydrogen-bond donors (Lipinski definition) is 0. The Kier molecular flexibility index (Phi) is 2.86. The smallest absolute Gasteiger partial charge is 0.166 e. The topological polar surface area (TPSA) is 22.0 Å². The molecule has 1 aliphatic rings. The van der Waals surface area contributed by atoms with Gasteiger partial charge in [-0.15, -0.1) is 11.3 Å². The van der Waals surface area contributed by atoms with E-state index in [0.717, 1.165) is 24.4 Å². The highest BCUT2D eigenvalue weighted by atomic mass is 32.1. The largest absolute Gasteiger partial charge is 0.330 e. The fourth-order valence-corrected chi connectivity index (χ4v) is 4.37. The van der Waals surface area contributed by atoms with Crippen molar-refractivity contribution in [2.45, 2.75) is 52.5 Å². The van der Waals surface area contributed by atoms with Crippen molar-refractivity contribution >= 4 is 27.8 Å². The Morgan fingerprint density at radius 1 is 1.42 bits per heavy atom. The Bertz CT molecular complexity index is 638. The number of carbonyl (C=O) groups excluding carboxylic acids is 1. The molecule has 0 bridgehead atoms. The number of carbonyl (C=O) groups is 1. The van der Waals surface area contributed by atoms with Crippen molar-refractivity contribution in [2.24, 2.45) is 5.92 Å². The molecule has 2 heterocycles. The molecule has 0 atom stereocenters. The van der Waals surface area contributed by atoms with Gasteiger partial charge < -0.3 is 4.57 Å². The summed E-state index contributed by atoms with van der Waals surface area (Å²) in [7, 11) is 0. The highest BCUT2D eigenvalue weighted by Gasteiger charge is 2.28. The number of aromatic nitrogens is 1. The number of rotatable bonds is 3. The summed E-state index contributed by atoms with van der Waals surface area (Å²) in [5.74, 6) is 0.787. The average Bonchev–Trinajstić information content (AvgIpc) is 2.97. The van der Waals surface area contributed by atoms with Crippen molar-refractivity contribution in [3.05, 3.63) is 22.2 Å². The Balaban J connectivity index is 2.22. The first-order valence-corrected chi connectivity index (χ1v) is 7.81. The van der Waals surface area contributed by atoms with Crippen molar-refractivity contribution in [1.82, 2.24) is 4.57 Å². The summed E-state index contributed by atoms with van der Waals surface area (Å²) < 4.78 is 2.24. The number of aryl methyl sites for hydroxylation is 1. The Hall–Kier alpha value is -1.09. The second-order valence-corrected chi connectivity index (χ2v) is 7.95. The van der Waals surface area contributed by atoms with Crippen LogP contribution < -0.4 is 0 Å². The predicted octanol–water partition coefficient (Wildman–Crippen LogP) is 4.53. The predicted molar refractivity (Wildman–Crippen MR) is 81.4 cm³/mol. The first-order chi connectivity index (χ1) is 8.91. The van der Waals surface area contributed by atoms with Gasteiger partial charge in [-0.2, -0.15) is 0 Å². The van der Waals surface area contributed by atoms with Crippen LogP contribution in [-0.4, -0.2) is 10.9 Å². The number of aldehydes is 1. The van der Waals surface area contributed by atoms with Gasteiger partial charge in [0.05, 0.1) is 5.69 Å². The minimum absolute atomic E-state index is 0.133. The standard InChI is InChI=1S/C16H21NOS/c1-10-14(16(2,3)4)13-7-12(9-18)17(15(13)19-10)8-11-5-6-11/h7,9,11H,5-6,8H2,1-4H3. The zero-order valence-corrected chi connectivity index (χ0v) is 12.9. The van der Waals surface area contributed by atoms with E-state index in [1.807, 2.05) is 11.3 Å². The summed E-state index contributed by atoms with van der Waals surface area (Å²) in [6, 6.07) is 2.09. The minimum atomic E-state index is 0.133. The normalized spacial score (nSPS) is 16.2. The zero-order chi connectivity index (χ0) is 13.8. The molecular formula is C16H21NOS. The van der Waals surface area contributed by atoms with Crippen molar-refractivity contribution < 1.29 is 4.79 Å². The van der Waals surface area contributed by atoms with Gasteiger partial charge in [-0.25, -0.2) is 0 Å². The van der Waals surface area contributed by atoms with E-state index in [4.69, 9.17) is 0 Å². The van der Waals surface area contributed by atoms with Crippen LogP contribution in [-0.2, 0) is 12.0 Å². The first kappa shape index (κ1) is 12.9. The molecule has 0 unspecified atom stereocenters. The molecule has 0 radical (unpaired) electrons. The van der Waals surface area contributed by atoms with Crippen LogP contribution in [0.15, 0.2) is 6.07 Å². The third-order valence-electron chi connectivity index (χ3n) is 3.96. The second-order valence-electron chi connectivity index (χ2n) is 6.74. The first-order valence-electron chi connectivity index (χ1n) is 7.00. The van der Waals surface area contributed by atoms with Crippen LogP contribution in [0.2, 0.25) is 0 Å². The second kappa shape index (κ2) is 4.20. The fourth-order valence-electron chi connectivity index (χ4n) is 3.00. The molecule has 2 nitrogen and oxygen atoms in total. The van der Waals surface area contributed by atoms with Crippen molar-refractivity contribution in [2.75, 3.05) is 0 Å². The lowest BCUT2D eigenvalue weighted by molar-refractivity contribution is 0.111. The molecule has 1 fully saturated rings. The summed E-state index contributed by atoms with van der Waals surface area (Å²) in [6.07, 6.45) is 3.64. The Labute approximate surface area is 118 Å². The molecule has 1 aliphatic carbocycles. The van der Waals surface area contributed by atoms with Crippen LogP contribution in [0.3, 0.4) is 0 Å². The van der Waals surface area contributed by atoms with E-state index in [-0.39, 0.29) is 5.41 Å². The van der Waals surface area contributed by atoms with E-state index in [9.17, 15) is 4.79 Å². The van der Waals surface area contributed by atoms with E-state index in [2.05, 4.69) is 38.3 Å². The molecule has 0 aliphatic heterocycles. The Morgan fingerprint density at radius 2 is 2.11 bits per heavy atom. The molecule has 3 heteroatoms. The quantitative estimate of drug-likeness (QED) is 0.754. The molecule has 2 aromatic rings.